The molecule has 1 aromatic rings. The van der Waals surface area contributed by atoms with E-state index in [4.69, 9.17) is 0 Å². The molecule has 1 aromatic heterocycles. The highest BCUT2D eigenvalue weighted by atomic mass is 16.1. The van der Waals surface area contributed by atoms with Crippen LogP contribution in [0, 0.1) is 24.7 Å². The van der Waals surface area contributed by atoms with Gasteiger partial charge in [-0.2, -0.15) is 5.10 Å². The van der Waals surface area contributed by atoms with Crippen molar-refractivity contribution in [1.29, 1.82) is 0 Å². The molecule has 4 bridgehead atoms. The van der Waals surface area contributed by atoms with Crippen molar-refractivity contribution in [3.05, 3.63) is 17.0 Å². The van der Waals surface area contributed by atoms with Crippen LogP contribution in [0.25, 0.3) is 0 Å². The van der Waals surface area contributed by atoms with Crippen molar-refractivity contribution in [2.75, 3.05) is 26.2 Å². The van der Waals surface area contributed by atoms with Crippen LogP contribution in [0.4, 0.5) is 0 Å². The lowest BCUT2D eigenvalue weighted by atomic mass is 9.62. The van der Waals surface area contributed by atoms with E-state index in [1.165, 1.54) is 11.3 Å². The number of aryl methyl sites for hydroxylation is 2. The number of piperidine rings is 2. The van der Waals surface area contributed by atoms with E-state index in [1.54, 1.807) is 0 Å². The maximum absolute atomic E-state index is 12.7. The summed E-state index contributed by atoms with van der Waals surface area (Å²) in [7, 11) is 2.01. The first-order chi connectivity index (χ1) is 9.75. The summed E-state index contributed by atoms with van der Waals surface area (Å²) in [4.78, 5) is 17.7. The van der Waals surface area contributed by atoms with Crippen LogP contribution in [0.15, 0.2) is 0 Å². The second kappa shape index (κ2) is 3.76. The van der Waals surface area contributed by atoms with Gasteiger partial charge >= 0.3 is 0 Å². The normalized spacial score (nSPS) is 44.6. The molecule has 4 fully saturated rings. The molecule has 0 aromatic carbocycles. The van der Waals surface area contributed by atoms with Crippen LogP contribution < -0.4 is 0 Å². The Morgan fingerprint density at radius 3 is 1.90 bits per heavy atom. The number of aromatic nitrogens is 2. The van der Waals surface area contributed by atoms with Crippen LogP contribution in [0.2, 0.25) is 0 Å². The van der Waals surface area contributed by atoms with Gasteiger partial charge in [0.05, 0.1) is 22.7 Å². The van der Waals surface area contributed by atoms with E-state index in [1.807, 2.05) is 11.7 Å². The molecule has 0 radical (unpaired) electrons. The molecule has 0 spiro atoms. The fourth-order valence-corrected chi connectivity index (χ4v) is 5.13. The molecule has 0 aliphatic carbocycles. The standard InChI is InChI=1S/C16H24N4O/c1-10-12(11(2)18(5)17-10)13-19-6-15(3)7-20(13)9-16(4,8-19)14(15)21/h13H,6-9H2,1-5H3. The summed E-state index contributed by atoms with van der Waals surface area (Å²) in [5.41, 5.74) is 3.33. The molecule has 21 heavy (non-hydrogen) atoms. The van der Waals surface area contributed by atoms with Crippen LogP contribution in [0.1, 0.15) is 37.0 Å². The van der Waals surface area contributed by atoms with Gasteiger partial charge in [0.25, 0.3) is 0 Å². The summed E-state index contributed by atoms with van der Waals surface area (Å²) in [5.74, 6) is 0.473. The van der Waals surface area contributed by atoms with Gasteiger partial charge in [-0.25, -0.2) is 0 Å². The highest BCUT2D eigenvalue weighted by molar-refractivity contribution is 5.92. The molecule has 0 unspecified atom stereocenters. The molecular formula is C16H24N4O. The van der Waals surface area contributed by atoms with Gasteiger partial charge in [-0.05, 0) is 13.8 Å². The summed E-state index contributed by atoms with van der Waals surface area (Å²) in [6.45, 7) is 12.1. The SMILES string of the molecule is Cc1nn(C)c(C)c1C1N2CC3(C)CN1CC(C)(C2)C3=O. The van der Waals surface area contributed by atoms with Crippen molar-refractivity contribution in [1.82, 2.24) is 19.6 Å². The van der Waals surface area contributed by atoms with Crippen molar-refractivity contribution in [2.45, 2.75) is 33.9 Å². The second-order valence-electron chi connectivity index (χ2n) is 7.84. The quantitative estimate of drug-likeness (QED) is 0.780. The number of Topliss-reactive ketones (excluding diaryl/α,β-unsaturated/α-hetero) is 1. The van der Waals surface area contributed by atoms with E-state index in [2.05, 4.69) is 42.6 Å². The Bertz CT molecular complexity index is 607. The molecule has 5 nitrogen and oxygen atoms in total. The van der Waals surface area contributed by atoms with Gasteiger partial charge in [0.2, 0.25) is 0 Å². The van der Waals surface area contributed by atoms with E-state index < -0.39 is 0 Å². The molecule has 0 atom stereocenters. The first-order valence-electron chi connectivity index (χ1n) is 7.78. The van der Waals surface area contributed by atoms with Crippen molar-refractivity contribution in [3.63, 3.8) is 0 Å². The smallest absolute Gasteiger partial charge is 0.149 e. The zero-order valence-electron chi connectivity index (χ0n) is 13.6. The second-order valence-corrected chi connectivity index (χ2v) is 7.84. The van der Waals surface area contributed by atoms with Crippen molar-refractivity contribution in [2.24, 2.45) is 17.9 Å². The first kappa shape index (κ1) is 13.5. The van der Waals surface area contributed by atoms with Gasteiger partial charge in [-0.3, -0.25) is 19.3 Å². The Morgan fingerprint density at radius 2 is 1.52 bits per heavy atom. The molecule has 4 aliphatic rings. The monoisotopic (exact) mass is 288 g/mol. The molecule has 5 rings (SSSR count). The molecule has 114 valence electrons. The predicted molar refractivity (Wildman–Crippen MR) is 79.8 cm³/mol. The third-order valence-corrected chi connectivity index (χ3v) is 5.82. The van der Waals surface area contributed by atoms with Crippen LogP contribution >= 0.6 is 0 Å². The lowest BCUT2D eigenvalue weighted by Gasteiger charge is -2.64. The van der Waals surface area contributed by atoms with E-state index in [0.29, 0.717) is 11.9 Å². The number of carbonyl (C=O) groups is 1. The molecule has 5 heteroatoms. The fourth-order valence-electron chi connectivity index (χ4n) is 5.13. The first-order valence-corrected chi connectivity index (χ1v) is 7.78. The highest BCUT2D eigenvalue weighted by Gasteiger charge is 2.62. The largest absolute Gasteiger partial charge is 0.298 e. The molecule has 4 saturated heterocycles. The van der Waals surface area contributed by atoms with E-state index in [9.17, 15) is 4.79 Å². The summed E-state index contributed by atoms with van der Waals surface area (Å²) in [6.07, 6.45) is 0.299. The summed E-state index contributed by atoms with van der Waals surface area (Å²) in [5, 5.41) is 4.59. The molecule has 0 N–H and O–H groups in total. The number of hydrogen-bond donors (Lipinski definition) is 0. The number of hydrogen-bond acceptors (Lipinski definition) is 4. The predicted octanol–water partition coefficient (Wildman–Crippen LogP) is 1.26. The van der Waals surface area contributed by atoms with Gasteiger partial charge in [0, 0.05) is 44.5 Å². The van der Waals surface area contributed by atoms with E-state index in [-0.39, 0.29) is 10.8 Å². The van der Waals surface area contributed by atoms with Gasteiger partial charge in [-0.1, -0.05) is 13.8 Å². The molecule has 0 saturated carbocycles. The Morgan fingerprint density at radius 1 is 1.05 bits per heavy atom. The Hall–Kier alpha value is -1.20. The van der Waals surface area contributed by atoms with Gasteiger partial charge in [-0.15, -0.1) is 0 Å². The fraction of sp³-hybridized carbons (Fsp3) is 0.750. The number of carbonyl (C=O) groups excluding carboxylic acids is 1. The molecule has 4 aliphatic heterocycles. The zero-order valence-corrected chi connectivity index (χ0v) is 13.6. The molecular weight excluding hydrogens is 264 g/mol. The number of ketones is 1. The third kappa shape index (κ3) is 1.53. The maximum Gasteiger partial charge on any atom is 0.149 e. The Labute approximate surface area is 125 Å². The minimum Gasteiger partial charge on any atom is -0.298 e. The van der Waals surface area contributed by atoms with Gasteiger partial charge in [0.15, 0.2) is 0 Å². The number of rotatable bonds is 1. The average molecular weight is 288 g/mol. The molecule has 5 heterocycles. The zero-order chi connectivity index (χ0) is 15.2. The van der Waals surface area contributed by atoms with Crippen LogP contribution in [-0.4, -0.2) is 51.5 Å². The minimum atomic E-state index is -0.189. The van der Waals surface area contributed by atoms with Crippen molar-refractivity contribution < 1.29 is 4.79 Å². The van der Waals surface area contributed by atoms with Crippen LogP contribution in [0.3, 0.4) is 0 Å². The topological polar surface area (TPSA) is 41.4 Å². The third-order valence-electron chi connectivity index (χ3n) is 5.82. The Kier molecular flexibility index (Phi) is 2.41. The van der Waals surface area contributed by atoms with Crippen LogP contribution in [0.5, 0.6) is 0 Å². The summed E-state index contributed by atoms with van der Waals surface area (Å²) in [6, 6.07) is 0. The lowest BCUT2D eigenvalue weighted by molar-refractivity contribution is -0.197. The average Bonchev–Trinajstić information content (AvgIpc) is 2.61. The maximum atomic E-state index is 12.7. The molecule has 0 amide bonds. The Balaban J connectivity index is 1.80. The van der Waals surface area contributed by atoms with Gasteiger partial charge < -0.3 is 0 Å². The lowest BCUT2D eigenvalue weighted by Crippen LogP contribution is -2.75. The van der Waals surface area contributed by atoms with Gasteiger partial charge in [0.1, 0.15) is 5.78 Å². The van der Waals surface area contributed by atoms with E-state index >= 15 is 0 Å². The minimum absolute atomic E-state index is 0.189. The summed E-state index contributed by atoms with van der Waals surface area (Å²) >= 11 is 0. The van der Waals surface area contributed by atoms with Crippen molar-refractivity contribution >= 4 is 5.78 Å². The van der Waals surface area contributed by atoms with Crippen LogP contribution in [-0.2, 0) is 11.8 Å². The summed E-state index contributed by atoms with van der Waals surface area (Å²) < 4.78 is 1.98. The van der Waals surface area contributed by atoms with E-state index in [0.717, 1.165) is 31.9 Å². The highest BCUT2D eigenvalue weighted by Crippen LogP contribution is 2.52. The number of nitrogens with zero attached hydrogens (tertiary/aromatic N) is 4. The van der Waals surface area contributed by atoms with Crippen molar-refractivity contribution in [3.8, 4) is 0 Å².